The predicted molar refractivity (Wildman–Crippen MR) is 127 cm³/mol. The Labute approximate surface area is 197 Å². The second-order valence-electron chi connectivity index (χ2n) is 8.09. The Bertz CT molecular complexity index is 1210. The minimum Gasteiger partial charge on any atom is -0.492 e. The molecule has 1 atom stereocenters. The van der Waals surface area contributed by atoms with Crippen molar-refractivity contribution in [2.24, 2.45) is 0 Å². The normalized spacial score (nSPS) is 18.3. The van der Waals surface area contributed by atoms with Crippen LogP contribution in [0.3, 0.4) is 0 Å². The summed E-state index contributed by atoms with van der Waals surface area (Å²) in [5.74, 6) is 0.596. The molecule has 2 aromatic rings. The van der Waals surface area contributed by atoms with E-state index in [0.29, 0.717) is 24.7 Å². The van der Waals surface area contributed by atoms with E-state index in [2.05, 4.69) is 0 Å². The number of hydrogen-bond acceptors (Lipinski definition) is 6. The van der Waals surface area contributed by atoms with Gasteiger partial charge in [-0.15, -0.1) is 0 Å². The maximum absolute atomic E-state index is 13.5. The van der Waals surface area contributed by atoms with E-state index in [1.807, 2.05) is 13.8 Å². The summed E-state index contributed by atoms with van der Waals surface area (Å²) in [5.41, 5.74) is 1.60. The largest absolute Gasteiger partial charge is 0.492 e. The number of nitrogens with zero attached hydrogens (tertiary/aromatic N) is 2. The molecule has 1 aliphatic heterocycles. The molecule has 1 aliphatic rings. The fourth-order valence-corrected chi connectivity index (χ4v) is 7.49. The third-order valence-corrected chi connectivity index (χ3v) is 9.45. The Hall–Kier alpha value is -2.14. The van der Waals surface area contributed by atoms with Gasteiger partial charge in [0, 0.05) is 25.7 Å². The first-order valence-electron chi connectivity index (χ1n) is 11.0. The average Bonchev–Trinajstić information content (AvgIpc) is 2.76. The number of aryl methyl sites for hydroxylation is 2. The Morgan fingerprint density at radius 2 is 1.30 bits per heavy atom. The van der Waals surface area contributed by atoms with Crippen LogP contribution in [0.4, 0.5) is 0 Å². The molecule has 0 radical (unpaired) electrons. The quantitative estimate of drug-likeness (QED) is 0.557. The van der Waals surface area contributed by atoms with Crippen molar-refractivity contribution in [1.82, 2.24) is 8.61 Å². The second kappa shape index (κ2) is 10.0. The topological polar surface area (TPSA) is 93.2 Å². The van der Waals surface area contributed by atoms with Gasteiger partial charge in [0.1, 0.15) is 21.3 Å². The maximum atomic E-state index is 13.5. The van der Waals surface area contributed by atoms with Crippen LogP contribution in [-0.4, -0.2) is 64.3 Å². The van der Waals surface area contributed by atoms with Crippen molar-refractivity contribution >= 4 is 20.0 Å². The number of piperazine rings is 1. The van der Waals surface area contributed by atoms with Gasteiger partial charge in [0.25, 0.3) is 0 Å². The van der Waals surface area contributed by atoms with Crippen molar-refractivity contribution in [3.05, 3.63) is 47.5 Å². The summed E-state index contributed by atoms with van der Waals surface area (Å²) in [6.07, 6.45) is 0. The fourth-order valence-electron chi connectivity index (χ4n) is 3.93. The van der Waals surface area contributed by atoms with E-state index in [9.17, 15) is 16.8 Å². The Morgan fingerprint density at radius 3 is 1.76 bits per heavy atom. The van der Waals surface area contributed by atoms with Gasteiger partial charge in [-0.3, -0.25) is 0 Å². The van der Waals surface area contributed by atoms with Gasteiger partial charge in [-0.25, -0.2) is 16.8 Å². The molecule has 1 saturated heterocycles. The van der Waals surface area contributed by atoms with Crippen LogP contribution in [0.15, 0.2) is 46.2 Å². The molecular weight excluding hydrogens is 464 g/mol. The minimum atomic E-state index is -3.88. The highest BCUT2D eigenvalue weighted by Crippen LogP contribution is 2.33. The van der Waals surface area contributed by atoms with Crippen LogP contribution in [0.25, 0.3) is 0 Å². The summed E-state index contributed by atoms with van der Waals surface area (Å²) in [7, 11) is -7.75. The third kappa shape index (κ3) is 5.18. The SMILES string of the molecule is CCOc1ccc(C)cc1S(=O)(=O)N1CCN(S(=O)(=O)c2cc(C)ccc2OCC)C(C)C1. The number of rotatable bonds is 8. The van der Waals surface area contributed by atoms with Crippen molar-refractivity contribution in [1.29, 1.82) is 0 Å². The monoisotopic (exact) mass is 496 g/mol. The van der Waals surface area contributed by atoms with E-state index in [4.69, 9.17) is 9.47 Å². The van der Waals surface area contributed by atoms with Crippen LogP contribution >= 0.6 is 0 Å². The molecule has 1 unspecified atom stereocenters. The van der Waals surface area contributed by atoms with Crippen molar-refractivity contribution in [2.45, 2.75) is 50.5 Å². The first kappa shape index (κ1) is 25.5. The highest BCUT2D eigenvalue weighted by atomic mass is 32.2. The molecule has 0 spiro atoms. The van der Waals surface area contributed by atoms with E-state index >= 15 is 0 Å². The summed E-state index contributed by atoms with van der Waals surface area (Å²) in [4.78, 5) is 0.204. The van der Waals surface area contributed by atoms with Crippen LogP contribution in [0.5, 0.6) is 11.5 Å². The number of sulfonamides is 2. The Kier molecular flexibility index (Phi) is 7.73. The van der Waals surface area contributed by atoms with Crippen molar-refractivity contribution in [3.63, 3.8) is 0 Å². The highest BCUT2D eigenvalue weighted by molar-refractivity contribution is 7.89. The molecule has 0 saturated carbocycles. The average molecular weight is 497 g/mol. The molecule has 0 amide bonds. The van der Waals surface area contributed by atoms with Gasteiger partial charge >= 0.3 is 0 Å². The zero-order valence-corrected chi connectivity index (χ0v) is 21.4. The molecule has 10 heteroatoms. The highest BCUT2D eigenvalue weighted by Gasteiger charge is 2.40. The lowest BCUT2D eigenvalue weighted by atomic mass is 10.2. The van der Waals surface area contributed by atoms with Gasteiger partial charge in [-0.1, -0.05) is 12.1 Å². The smallest absolute Gasteiger partial charge is 0.247 e. The minimum absolute atomic E-state index is 0.0385. The lowest BCUT2D eigenvalue weighted by molar-refractivity contribution is 0.211. The first-order chi connectivity index (χ1) is 15.5. The number of benzene rings is 2. The predicted octanol–water partition coefficient (Wildman–Crippen LogP) is 3.18. The Balaban J connectivity index is 1.90. The van der Waals surface area contributed by atoms with Crippen molar-refractivity contribution in [3.8, 4) is 11.5 Å². The summed E-state index contributed by atoms with van der Waals surface area (Å²) in [5, 5.41) is 0. The fraction of sp³-hybridized carbons (Fsp3) is 0.478. The molecule has 0 N–H and O–H groups in total. The molecular formula is C23H32N2O6S2. The third-order valence-electron chi connectivity index (χ3n) is 5.53. The van der Waals surface area contributed by atoms with Gasteiger partial charge in [0.2, 0.25) is 20.0 Å². The van der Waals surface area contributed by atoms with Crippen molar-refractivity contribution < 1.29 is 26.3 Å². The molecule has 8 nitrogen and oxygen atoms in total. The van der Waals surface area contributed by atoms with Crippen LogP contribution in [0.1, 0.15) is 31.9 Å². The molecule has 1 heterocycles. The lowest BCUT2D eigenvalue weighted by Gasteiger charge is -2.38. The lowest BCUT2D eigenvalue weighted by Crippen LogP contribution is -2.55. The van der Waals surface area contributed by atoms with Crippen LogP contribution in [0, 0.1) is 13.8 Å². The first-order valence-corrected chi connectivity index (χ1v) is 13.9. The van der Waals surface area contributed by atoms with E-state index in [1.54, 1.807) is 57.2 Å². The zero-order valence-electron chi connectivity index (χ0n) is 19.7. The molecule has 182 valence electrons. The molecule has 33 heavy (non-hydrogen) atoms. The summed E-state index contributed by atoms with van der Waals surface area (Å²) in [6.45, 7) is 9.75. The van der Waals surface area contributed by atoms with Crippen LogP contribution < -0.4 is 9.47 Å². The molecule has 0 bridgehead atoms. The number of ether oxygens (including phenoxy) is 2. The molecule has 0 aliphatic carbocycles. The second-order valence-corrected chi connectivity index (χ2v) is 11.9. The molecule has 1 fully saturated rings. The zero-order chi connectivity index (χ0) is 24.4. The van der Waals surface area contributed by atoms with Gasteiger partial charge in [-0.2, -0.15) is 8.61 Å². The van der Waals surface area contributed by atoms with Gasteiger partial charge in [0.15, 0.2) is 0 Å². The van der Waals surface area contributed by atoms with Crippen LogP contribution in [-0.2, 0) is 20.0 Å². The van der Waals surface area contributed by atoms with E-state index < -0.39 is 26.1 Å². The van der Waals surface area contributed by atoms with E-state index in [0.717, 1.165) is 11.1 Å². The molecule has 0 aromatic heterocycles. The van der Waals surface area contributed by atoms with Gasteiger partial charge in [-0.05, 0) is 70.0 Å². The summed E-state index contributed by atoms with van der Waals surface area (Å²) >= 11 is 0. The summed E-state index contributed by atoms with van der Waals surface area (Å²) in [6, 6.07) is 9.54. The Morgan fingerprint density at radius 1 is 0.818 bits per heavy atom. The molecule has 2 aromatic carbocycles. The summed E-state index contributed by atoms with van der Waals surface area (Å²) < 4.78 is 67.7. The maximum Gasteiger partial charge on any atom is 0.247 e. The van der Waals surface area contributed by atoms with Gasteiger partial charge in [0.05, 0.1) is 13.2 Å². The van der Waals surface area contributed by atoms with E-state index in [-0.39, 0.29) is 29.4 Å². The standard InChI is InChI=1S/C23H32N2O6S2/c1-6-30-20-10-8-17(3)14-22(20)32(26,27)24-12-13-25(19(5)16-24)33(28,29)23-15-18(4)9-11-21(23)31-7-2/h8-11,14-15,19H,6-7,12-13,16H2,1-5H3. The molecule has 3 rings (SSSR count). The van der Waals surface area contributed by atoms with Gasteiger partial charge < -0.3 is 9.47 Å². The van der Waals surface area contributed by atoms with Crippen molar-refractivity contribution in [2.75, 3.05) is 32.8 Å². The van der Waals surface area contributed by atoms with E-state index in [1.165, 1.54) is 8.61 Å². The van der Waals surface area contributed by atoms with Crippen LogP contribution in [0.2, 0.25) is 0 Å². The number of hydrogen-bond donors (Lipinski definition) is 0.